The van der Waals surface area contributed by atoms with Gasteiger partial charge in [0, 0.05) is 11.5 Å². The van der Waals surface area contributed by atoms with Gasteiger partial charge in [-0.2, -0.15) is 0 Å². The molecule has 0 unspecified atom stereocenters. The van der Waals surface area contributed by atoms with Crippen molar-refractivity contribution < 1.29 is 5.11 Å². The van der Waals surface area contributed by atoms with E-state index in [1.54, 1.807) is 6.07 Å². The van der Waals surface area contributed by atoms with Crippen molar-refractivity contribution in [3.63, 3.8) is 0 Å². The molecule has 0 aromatic carbocycles. The Labute approximate surface area is 70.5 Å². The molecule has 0 fully saturated rings. The lowest BCUT2D eigenvalue weighted by Gasteiger charge is -1.73. The molecule has 0 saturated heterocycles. The van der Waals surface area contributed by atoms with E-state index in [1.165, 1.54) is 22.7 Å². The number of fused-ring (bicyclic) bond motifs is 1. The van der Waals surface area contributed by atoms with Crippen LogP contribution in [-0.2, 0) is 0 Å². The van der Waals surface area contributed by atoms with Gasteiger partial charge in [-0.3, -0.25) is 0 Å². The second-order valence-corrected chi connectivity index (χ2v) is 4.85. The lowest BCUT2D eigenvalue weighted by atomic mass is 10.4. The summed E-state index contributed by atoms with van der Waals surface area (Å²) in [4.78, 5) is 0. The van der Waals surface area contributed by atoms with Crippen LogP contribution in [0.15, 0.2) is 12.1 Å². The average molecular weight is 191 g/mol. The third-order valence-electron chi connectivity index (χ3n) is 1.17. The van der Waals surface area contributed by atoms with Crippen LogP contribution in [0.5, 0.6) is 5.06 Å². The Morgan fingerprint density at radius 2 is 2.10 bits per heavy atom. The van der Waals surface area contributed by atoms with E-state index in [2.05, 4.69) is 0 Å². The van der Waals surface area contributed by atoms with Gasteiger partial charge < -0.3 is 5.11 Å². The number of rotatable bonds is 0. The van der Waals surface area contributed by atoms with Gasteiger partial charge in [-0.15, -0.1) is 11.3 Å². The normalized spacial score (nSPS) is 10.9. The highest BCUT2D eigenvalue weighted by atomic mass is 35.5. The first-order valence-corrected chi connectivity index (χ1v) is 4.64. The Balaban J connectivity index is 2.83. The molecule has 1 N–H and O–H groups in total. The second-order valence-electron chi connectivity index (χ2n) is 1.88. The minimum Gasteiger partial charge on any atom is -0.499 e. The van der Waals surface area contributed by atoms with E-state index < -0.39 is 0 Å². The molecule has 2 aromatic rings. The van der Waals surface area contributed by atoms with Gasteiger partial charge in [0.1, 0.15) is 0 Å². The molecular formula is C6H3ClOS2. The summed E-state index contributed by atoms with van der Waals surface area (Å²) in [5.74, 6) is 0. The predicted octanol–water partition coefficient (Wildman–Crippen LogP) is 3.32. The topological polar surface area (TPSA) is 20.2 Å². The molecule has 0 spiro atoms. The van der Waals surface area contributed by atoms with Crippen molar-refractivity contribution in [3.05, 3.63) is 16.5 Å². The maximum atomic E-state index is 9.02. The SMILES string of the molecule is Oc1cc2cc(Cl)sc2s1. The van der Waals surface area contributed by atoms with Crippen LogP contribution < -0.4 is 0 Å². The first-order chi connectivity index (χ1) is 4.75. The van der Waals surface area contributed by atoms with Crippen LogP contribution in [0.25, 0.3) is 9.40 Å². The van der Waals surface area contributed by atoms with Gasteiger partial charge in [0.05, 0.1) is 8.35 Å². The second kappa shape index (κ2) is 2.12. The highest BCUT2D eigenvalue weighted by Gasteiger charge is 2.03. The van der Waals surface area contributed by atoms with Crippen molar-refractivity contribution in [2.24, 2.45) is 0 Å². The highest BCUT2D eigenvalue weighted by Crippen LogP contribution is 2.38. The zero-order chi connectivity index (χ0) is 7.14. The van der Waals surface area contributed by atoms with Crippen molar-refractivity contribution in [2.75, 3.05) is 0 Å². The zero-order valence-electron chi connectivity index (χ0n) is 4.80. The molecule has 0 aliphatic rings. The van der Waals surface area contributed by atoms with Crippen molar-refractivity contribution in [3.8, 4) is 5.06 Å². The molecule has 0 bridgehead atoms. The molecule has 0 amide bonds. The minimum atomic E-state index is 0.359. The molecule has 0 aliphatic heterocycles. The Bertz CT molecular complexity index is 300. The molecule has 2 heterocycles. The van der Waals surface area contributed by atoms with Crippen LogP contribution >= 0.6 is 34.3 Å². The lowest BCUT2D eigenvalue weighted by molar-refractivity contribution is 0.491. The summed E-state index contributed by atoms with van der Waals surface area (Å²) in [6.07, 6.45) is 0. The van der Waals surface area contributed by atoms with Crippen molar-refractivity contribution in [1.82, 2.24) is 0 Å². The largest absolute Gasteiger partial charge is 0.499 e. The summed E-state index contributed by atoms with van der Waals surface area (Å²) in [6, 6.07) is 3.58. The predicted molar refractivity (Wildman–Crippen MR) is 46.4 cm³/mol. The first-order valence-electron chi connectivity index (χ1n) is 2.63. The van der Waals surface area contributed by atoms with Crippen molar-refractivity contribution >= 4 is 43.7 Å². The average Bonchev–Trinajstić information content (AvgIpc) is 2.21. The minimum absolute atomic E-state index is 0.359. The number of hydrogen-bond acceptors (Lipinski definition) is 3. The van der Waals surface area contributed by atoms with Crippen LogP contribution in [-0.4, -0.2) is 5.11 Å². The van der Waals surface area contributed by atoms with Gasteiger partial charge in [0.2, 0.25) is 0 Å². The van der Waals surface area contributed by atoms with E-state index in [9.17, 15) is 0 Å². The van der Waals surface area contributed by atoms with Gasteiger partial charge in [0.25, 0.3) is 0 Å². The van der Waals surface area contributed by atoms with Gasteiger partial charge in [-0.05, 0) is 6.07 Å². The van der Waals surface area contributed by atoms with E-state index in [1.807, 2.05) is 6.07 Å². The fourth-order valence-corrected chi connectivity index (χ4v) is 3.18. The van der Waals surface area contributed by atoms with Gasteiger partial charge in [0.15, 0.2) is 5.06 Å². The third kappa shape index (κ3) is 0.905. The summed E-state index contributed by atoms with van der Waals surface area (Å²) in [5.41, 5.74) is 0. The fraction of sp³-hybridized carbons (Fsp3) is 0. The Hall–Kier alpha value is -0.250. The molecule has 10 heavy (non-hydrogen) atoms. The number of aromatic hydroxyl groups is 1. The Kier molecular flexibility index (Phi) is 1.37. The van der Waals surface area contributed by atoms with Crippen LogP contribution in [0.2, 0.25) is 4.34 Å². The molecule has 0 aliphatic carbocycles. The van der Waals surface area contributed by atoms with Crippen LogP contribution in [0.1, 0.15) is 0 Å². The number of hydrogen-bond donors (Lipinski definition) is 1. The van der Waals surface area contributed by atoms with Gasteiger partial charge in [-0.1, -0.05) is 22.9 Å². The smallest absolute Gasteiger partial charge is 0.173 e. The molecule has 52 valence electrons. The molecule has 0 radical (unpaired) electrons. The molecule has 4 heteroatoms. The monoisotopic (exact) mass is 190 g/mol. The van der Waals surface area contributed by atoms with E-state index in [4.69, 9.17) is 16.7 Å². The summed E-state index contributed by atoms with van der Waals surface area (Å²) >= 11 is 8.58. The van der Waals surface area contributed by atoms with Crippen molar-refractivity contribution in [2.45, 2.75) is 0 Å². The maximum Gasteiger partial charge on any atom is 0.173 e. The third-order valence-corrected chi connectivity index (χ3v) is 3.49. The van der Waals surface area contributed by atoms with Crippen LogP contribution in [0, 0.1) is 0 Å². The van der Waals surface area contributed by atoms with Crippen LogP contribution in [0.3, 0.4) is 0 Å². The summed E-state index contributed by atoms with van der Waals surface area (Å²) in [7, 11) is 0. The quantitative estimate of drug-likeness (QED) is 0.676. The van der Waals surface area contributed by atoms with E-state index in [-0.39, 0.29) is 0 Å². The molecular weight excluding hydrogens is 188 g/mol. The Morgan fingerprint density at radius 3 is 2.80 bits per heavy atom. The molecule has 2 rings (SSSR count). The van der Waals surface area contributed by atoms with E-state index in [0.29, 0.717) is 5.06 Å². The molecule has 1 nitrogen and oxygen atoms in total. The molecule has 0 atom stereocenters. The summed E-state index contributed by atoms with van der Waals surface area (Å²) in [6.45, 7) is 0. The molecule has 2 aromatic heterocycles. The van der Waals surface area contributed by atoms with Crippen molar-refractivity contribution in [1.29, 1.82) is 0 Å². The fourth-order valence-electron chi connectivity index (χ4n) is 0.796. The van der Waals surface area contributed by atoms with E-state index >= 15 is 0 Å². The molecule has 0 saturated carbocycles. The summed E-state index contributed by atoms with van der Waals surface area (Å²) < 4.78 is 1.86. The number of halogens is 1. The lowest BCUT2D eigenvalue weighted by Crippen LogP contribution is -1.43. The van der Waals surface area contributed by atoms with Gasteiger partial charge >= 0.3 is 0 Å². The zero-order valence-corrected chi connectivity index (χ0v) is 7.19. The highest BCUT2D eigenvalue weighted by molar-refractivity contribution is 7.40. The maximum absolute atomic E-state index is 9.02. The summed E-state index contributed by atoms with van der Waals surface area (Å²) in [5, 5.41) is 10.4. The number of thiophene rings is 2. The van der Waals surface area contributed by atoms with Gasteiger partial charge in [-0.25, -0.2) is 0 Å². The Morgan fingerprint density at radius 1 is 1.30 bits per heavy atom. The van der Waals surface area contributed by atoms with E-state index in [0.717, 1.165) is 13.7 Å². The first kappa shape index (κ1) is 6.46. The standard InChI is InChI=1S/C6H3ClOS2/c7-4-1-3-2-5(8)10-6(3)9-4/h1-2,8H. The van der Waals surface area contributed by atoms with Crippen LogP contribution in [0.4, 0.5) is 0 Å².